The van der Waals surface area contributed by atoms with Crippen molar-refractivity contribution < 1.29 is 9.59 Å². The van der Waals surface area contributed by atoms with Gasteiger partial charge in [0.1, 0.15) is 0 Å². The molecule has 1 amide bonds. The van der Waals surface area contributed by atoms with Gasteiger partial charge in [0.05, 0.1) is 10.9 Å². The molecule has 6 nitrogen and oxygen atoms in total. The number of hydrogen-bond acceptors (Lipinski definition) is 4. The maximum Gasteiger partial charge on any atom is 0.262 e. The van der Waals surface area contributed by atoms with Crippen LogP contribution in [0, 0.1) is 16.6 Å². The van der Waals surface area contributed by atoms with Crippen molar-refractivity contribution in [2.45, 2.75) is 46.1 Å². The quantitative estimate of drug-likeness (QED) is 0.393. The molecule has 1 aliphatic heterocycles. The average molecular weight is 478 g/mol. The third kappa shape index (κ3) is 5.36. The van der Waals surface area contributed by atoms with E-state index in [-0.39, 0.29) is 36.1 Å². The fraction of sp³-hybridized carbons (Fsp3) is 0.407. The fourth-order valence-electron chi connectivity index (χ4n) is 4.67. The van der Waals surface area contributed by atoms with Crippen LogP contribution in [0.2, 0.25) is 0 Å². The summed E-state index contributed by atoms with van der Waals surface area (Å²) in [5.41, 5.74) is 2.51. The third-order valence-corrected chi connectivity index (χ3v) is 6.86. The van der Waals surface area contributed by atoms with Gasteiger partial charge in [0.2, 0.25) is 5.91 Å². The first-order valence-electron chi connectivity index (χ1n) is 12.0. The van der Waals surface area contributed by atoms with E-state index >= 15 is 0 Å². The number of rotatable bonds is 7. The first-order chi connectivity index (χ1) is 16.3. The SMILES string of the molecule is CC(C)Cc1ccc(C(=O)C2CCN(C(=O)CCn3c(=S)[nH]c4ccccc4c3=O)CC2)cc1. The molecule has 1 N–H and O–H groups in total. The Hall–Kier alpha value is -3.06. The highest BCUT2D eigenvalue weighted by atomic mass is 32.1. The molecule has 7 heteroatoms. The van der Waals surface area contributed by atoms with Gasteiger partial charge in [-0.25, -0.2) is 0 Å². The second-order valence-corrected chi connectivity index (χ2v) is 9.88. The van der Waals surface area contributed by atoms with Gasteiger partial charge in [-0.15, -0.1) is 0 Å². The second kappa shape index (κ2) is 10.5. The largest absolute Gasteiger partial charge is 0.343 e. The summed E-state index contributed by atoms with van der Waals surface area (Å²) in [5.74, 6) is 0.673. The number of carbonyl (C=O) groups is 2. The number of para-hydroxylation sites is 1. The Morgan fingerprint density at radius 1 is 1.06 bits per heavy atom. The van der Waals surface area contributed by atoms with Gasteiger partial charge in [-0.2, -0.15) is 0 Å². The van der Waals surface area contributed by atoms with Crippen LogP contribution < -0.4 is 5.56 Å². The number of benzene rings is 2. The van der Waals surface area contributed by atoms with E-state index in [0.717, 1.165) is 12.0 Å². The van der Waals surface area contributed by atoms with Crippen LogP contribution in [0.3, 0.4) is 0 Å². The van der Waals surface area contributed by atoms with Crippen LogP contribution in [0.4, 0.5) is 0 Å². The van der Waals surface area contributed by atoms with Gasteiger partial charge in [-0.05, 0) is 55.1 Å². The number of piperidine rings is 1. The zero-order chi connectivity index (χ0) is 24.2. The summed E-state index contributed by atoms with van der Waals surface area (Å²) in [5, 5.41) is 0.556. The smallest absolute Gasteiger partial charge is 0.262 e. The molecule has 4 rings (SSSR count). The summed E-state index contributed by atoms with van der Waals surface area (Å²) < 4.78 is 1.77. The highest BCUT2D eigenvalue weighted by Crippen LogP contribution is 2.23. The topological polar surface area (TPSA) is 75.2 Å². The van der Waals surface area contributed by atoms with E-state index < -0.39 is 0 Å². The molecular formula is C27H31N3O3S. The van der Waals surface area contributed by atoms with Crippen molar-refractivity contribution >= 4 is 34.8 Å². The number of aromatic nitrogens is 2. The summed E-state index contributed by atoms with van der Waals surface area (Å²) in [6.07, 6.45) is 2.53. The molecule has 1 aromatic heterocycles. The molecule has 0 bridgehead atoms. The lowest BCUT2D eigenvalue weighted by Gasteiger charge is -2.31. The molecule has 1 saturated heterocycles. The zero-order valence-electron chi connectivity index (χ0n) is 19.8. The van der Waals surface area contributed by atoms with Crippen LogP contribution >= 0.6 is 12.2 Å². The number of carbonyl (C=O) groups excluding carboxylic acids is 2. The van der Waals surface area contributed by atoms with Crippen molar-refractivity contribution in [1.29, 1.82) is 0 Å². The Morgan fingerprint density at radius 3 is 2.41 bits per heavy atom. The Labute approximate surface area is 204 Å². The van der Waals surface area contributed by atoms with Gasteiger partial charge in [-0.3, -0.25) is 19.0 Å². The van der Waals surface area contributed by atoms with Crippen molar-refractivity contribution in [3.05, 3.63) is 74.8 Å². The number of aromatic amines is 1. The molecule has 1 aliphatic rings. The van der Waals surface area contributed by atoms with E-state index in [9.17, 15) is 14.4 Å². The van der Waals surface area contributed by atoms with E-state index in [1.165, 1.54) is 10.1 Å². The molecule has 34 heavy (non-hydrogen) atoms. The second-order valence-electron chi connectivity index (χ2n) is 9.50. The van der Waals surface area contributed by atoms with Gasteiger partial charge >= 0.3 is 0 Å². The van der Waals surface area contributed by atoms with Crippen LogP contribution in [0.25, 0.3) is 10.9 Å². The lowest BCUT2D eigenvalue weighted by molar-refractivity contribution is -0.132. The van der Waals surface area contributed by atoms with Gasteiger partial charge in [0.15, 0.2) is 10.6 Å². The molecule has 2 aromatic carbocycles. The molecular weight excluding hydrogens is 446 g/mol. The number of Topliss-reactive ketones (excluding diaryl/α,β-unsaturated/α-hetero) is 1. The van der Waals surface area contributed by atoms with Crippen LogP contribution in [-0.4, -0.2) is 39.2 Å². The monoisotopic (exact) mass is 477 g/mol. The first kappa shape index (κ1) is 24.1. The number of hydrogen-bond donors (Lipinski definition) is 1. The number of H-pyrrole nitrogens is 1. The molecule has 0 spiro atoms. The predicted molar refractivity (Wildman–Crippen MR) is 137 cm³/mol. The van der Waals surface area contributed by atoms with Gasteiger partial charge < -0.3 is 9.88 Å². The number of ketones is 1. The molecule has 0 radical (unpaired) electrons. The van der Waals surface area contributed by atoms with Gasteiger partial charge in [-0.1, -0.05) is 50.2 Å². The maximum absolute atomic E-state index is 12.9. The van der Waals surface area contributed by atoms with Crippen LogP contribution in [0.1, 0.15) is 49.0 Å². The summed E-state index contributed by atoms with van der Waals surface area (Å²) in [6, 6.07) is 15.2. The molecule has 0 atom stereocenters. The Balaban J connectivity index is 1.33. The van der Waals surface area contributed by atoms with Gasteiger partial charge in [0.25, 0.3) is 5.56 Å². The summed E-state index contributed by atoms with van der Waals surface area (Å²) in [6.45, 7) is 5.71. The van der Waals surface area contributed by atoms with Crippen LogP contribution in [0.5, 0.6) is 0 Å². The van der Waals surface area contributed by atoms with Crippen molar-refractivity contribution in [2.24, 2.45) is 11.8 Å². The third-order valence-electron chi connectivity index (χ3n) is 6.54. The number of likely N-dealkylation sites (tertiary alicyclic amines) is 1. The first-order valence-corrected chi connectivity index (χ1v) is 12.4. The molecule has 1 fully saturated rings. The molecule has 0 unspecified atom stereocenters. The zero-order valence-corrected chi connectivity index (χ0v) is 20.6. The molecule has 0 saturated carbocycles. The lowest BCUT2D eigenvalue weighted by Crippen LogP contribution is -2.41. The van der Waals surface area contributed by atoms with Crippen LogP contribution in [-0.2, 0) is 17.8 Å². The number of nitrogens with zero attached hydrogens (tertiary/aromatic N) is 2. The summed E-state index contributed by atoms with van der Waals surface area (Å²) in [4.78, 5) is 43.4. The Kier molecular flexibility index (Phi) is 7.41. The number of fused-ring (bicyclic) bond motifs is 1. The number of amides is 1. The van der Waals surface area contributed by atoms with E-state index in [0.29, 0.717) is 47.5 Å². The molecule has 3 aromatic rings. The Bertz CT molecular complexity index is 1300. The summed E-state index contributed by atoms with van der Waals surface area (Å²) in [7, 11) is 0. The van der Waals surface area contributed by atoms with Crippen molar-refractivity contribution in [3.63, 3.8) is 0 Å². The van der Waals surface area contributed by atoms with E-state index in [4.69, 9.17) is 12.2 Å². The van der Waals surface area contributed by atoms with Crippen molar-refractivity contribution in [1.82, 2.24) is 14.5 Å². The summed E-state index contributed by atoms with van der Waals surface area (Å²) >= 11 is 5.34. The van der Waals surface area contributed by atoms with E-state index in [1.54, 1.807) is 11.0 Å². The van der Waals surface area contributed by atoms with Gasteiger partial charge in [0, 0.05) is 37.5 Å². The lowest BCUT2D eigenvalue weighted by atomic mass is 9.88. The fourth-order valence-corrected chi connectivity index (χ4v) is 4.96. The average Bonchev–Trinajstić information content (AvgIpc) is 2.83. The van der Waals surface area contributed by atoms with E-state index in [2.05, 4.69) is 18.8 Å². The highest BCUT2D eigenvalue weighted by Gasteiger charge is 2.28. The van der Waals surface area contributed by atoms with Crippen LogP contribution in [0.15, 0.2) is 53.3 Å². The minimum Gasteiger partial charge on any atom is -0.343 e. The van der Waals surface area contributed by atoms with Crippen molar-refractivity contribution in [3.8, 4) is 0 Å². The molecule has 178 valence electrons. The minimum atomic E-state index is -0.184. The number of nitrogens with one attached hydrogen (secondary N) is 1. The maximum atomic E-state index is 12.9. The normalized spacial score (nSPS) is 14.6. The predicted octanol–water partition coefficient (Wildman–Crippen LogP) is 4.77. The standard InChI is InChI=1S/C27H31N3O3S/c1-18(2)17-19-7-9-20(10-8-19)25(32)21-11-14-29(15-12-21)24(31)13-16-30-26(33)22-5-3-4-6-23(22)28-27(30)34/h3-10,18,21H,11-17H2,1-2H3,(H,28,34). The minimum absolute atomic E-state index is 0.0154. The Morgan fingerprint density at radius 2 is 1.74 bits per heavy atom. The molecule has 2 heterocycles. The highest BCUT2D eigenvalue weighted by molar-refractivity contribution is 7.71. The van der Waals surface area contributed by atoms with Crippen molar-refractivity contribution in [2.75, 3.05) is 13.1 Å². The molecule has 0 aliphatic carbocycles. The van der Waals surface area contributed by atoms with E-state index in [1.807, 2.05) is 42.5 Å².